The first-order valence-electron chi connectivity index (χ1n) is 6.62. The van der Waals surface area contributed by atoms with E-state index in [0.717, 1.165) is 25.0 Å². The van der Waals surface area contributed by atoms with Gasteiger partial charge in [0.15, 0.2) is 0 Å². The van der Waals surface area contributed by atoms with Gasteiger partial charge in [0.2, 0.25) is 0 Å². The molecule has 2 rings (SSSR count). The Bertz CT molecular complexity index is 413. The van der Waals surface area contributed by atoms with E-state index in [-0.39, 0.29) is 18.2 Å². The van der Waals surface area contributed by atoms with Gasteiger partial charge in [0.25, 0.3) is 0 Å². The second-order valence-electron chi connectivity index (χ2n) is 5.44. The highest BCUT2D eigenvalue weighted by molar-refractivity contribution is 5.35. The number of nitrogens with one attached hydrogen (secondary N) is 1. The fourth-order valence-electron chi connectivity index (χ4n) is 2.74. The zero-order valence-corrected chi connectivity index (χ0v) is 11.5. The van der Waals surface area contributed by atoms with E-state index in [1.54, 1.807) is 0 Å². The fraction of sp³-hybridized carbons (Fsp3) is 0.600. The first kappa shape index (κ1) is 13.4. The van der Waals surface area contributed by atoms with Gasteiger partial charge in [0, 0.05) is 12.0 Å². The number of aliphatic hydroxyl groups is 1. The highest BCUT2D eigenvalue weighted by atomic mass is 16.5. The zero-order chi connectivity index (χ0) is 13.2. The van der Waals surface area contributed by atoms with E-state index in [9.17, 15) is 5.11 Å². The molecule has 1 saturated carbocycles. The van der Waals surface area contributed by atoms with Crippen molar-refractivity contribution < 1.29 is 9.84 Å². The summed E-state index contributed by atoms with van der Waals surface area (Å²) in [5.74, 6) is 0.968. The Kier molecular flexibility index (Phi) is 3.93. The highest BCUT2D eigenvalue weighted by Gasteiger charge is 2.38. The maximum absolute atomic E-state index is 9.47. The van der Waals surface area contributed by atoms with E-state index in [1.807, 2.05) is 13.1 Å². The van der Waals surface area contributed by atoms with Gasteiger partial charge in [0.05, 0.1) is 6.61 Å². The summed E-state index contributed by atoms with van der Waals surface area (Å²) >= 11 is 0. The van der Waals surface area contributed by atoms with Crippen molar-refractivity contribution in [3.8, 4) is 5.75 Å². The third kappa shape index (κ3) is 2.68. The van der Waals surface area contributed by atoms with Crippen LogP contribution in [0.5, 0.6) is 5.75 Å². The van der Waals surface area contributed by atoms with E-state index in [0.29, 0.717) is 0 Å². The van der Waals surface area contributed by atoms with Gasteiger partial charge in [0.1, 0.15) is 11.9 Å². The molecule has 100 valence electrons. The Labute approximate surface area is 109 Å². The molecule has 0 heterocycles. The van der Waals surface area contributed by atoms with Crippen molar-refractivity contribution in [2.24, 2.45) is 0 Å². The first-order chi connectivity index (χ1) is 8.58. The van der Waals surface area contributed by atoms with E-state index >= 15 is 0 Å². The number of ether oxygens (including phenoxy) is 1. The number of benzene rings is 1. The molecule has 18 heavy (non-hydrogen) atoms. The minimum atomic E-state index is -0.150. The number of aryl methyl sites for hydroxylation is 2. The molecule has 0 amide bonds. The topological polar surface area (TPSA) is 41.5 Å². The number of likely N-dealkylation sites (N-methyl/N-ethyl adjacent to an activating group) is 1. The molecule has 3 heteroatoms. The van der Waals surface area contributed by atoms with Gasteiger partial charge in [-0.2, -0.15) is 0 Å². The van der Waals surface area contributed by atoms with Crippen molar-refractivity contribution in [3.05, 3.63) is 29.3 Å². The lowest BCUT2D eigenvalue weighted by Crippen LogP contribution is -2.44. The van der Waals surface area contributed by atoms with Crippen LogP contribution in [0.15, 0.2) is 18.2 Å². The molecule has 1 fully saturated rings. The van der Waals surface area contributed by atoms with Gasteiger partial charge in [-0.15, -0.1) is 0 Å². The predicted molar refractivity (Wildman–Crippen MR) is 73.1 cm³/mol. The smallest absolute Gasteiger partial charge is 0.122 e. The van der Waals surface area contributed by atoms with Crippen LogP contribution in [0.2, 0.25) is 0 Å². The molecule has 1 aromatic rings. The van der Waals surface area contributed by atoms with E-state index < -0.39 is 0 Å². The summed E-state index contributed by atoms with van der Waals surface area (Å²) in [7, 11) is 1.91. The third-order valence-electron chi connectivity index (χ3n) is 4.02. The second-order valence-corrected chi connectivity index (χ2v) is 5.44. The lowest BCUT2D eigenvalue weighted by molar-refractivity contribution is 0.146. The summed E-state index contributed by atoms with van der Waals surface area (Å²) in [6.45, 7) is 4.34. The minimum Gasteiger partial charge on any atom is -0.490 e. The van der Waals surface area contributed by atoms with Crippen LogP contribution in [-0.4, -0.2) is 30.4 Å². The first-order valence-corrected chi connectivity index (χ1v) is 6.62. The van der Waals surface area contributed by atoms with Gasteiger partial charge in [-0.25, -0.2) is 0 Å². The van der Waals surface area contributed by atoms with Crippen molar-refractivity contribution in [1.29, 1.82) is 0 Å². The molecule has 0 aromatic heterocycles. The van der Waals surface area contributed by atoms with Crippen molar-refractivity contribution in [2.75, 3.05) is 13.7 Å². The minimum absolute atomic E-state index is 0.150. The molecule has 0 spiro atoms. The molecule has 3 nitrogen and oxygen atoms in total. The quantitative estimate of drug-likeness (QED) is 0.859. The SMILES string of the molecule is CNC1(CO)CCC(Oc2ccc(C)cc2C)C1. The summed E-state index contributed by atoms with van der Waals surface area (Å²) in [5.41, 5.74) is 2.29. The molecule has 2 atom stereocenters. The van der Waals surface area contributed by atoms with Gasteiger partial charge in [-0.05, 0) is 45.4 Å². The van der Waals surface area contributed by atoms with Gasteiger partial charge < -0.3 is 15.2 Å². The Morgan fingerprint density at radius 2 is 2.22 bits per heavy atom. The van der Waals surface area contributed by atoms with Gasteiger partial charge in [-0.3, -0.25) is 0 Å². The highest BCUT2D eigenvalue weighted by Crippen LogP contribution is 2.33. The second kappa shape index (κ2) is 5.29. The van der Waals surface area contributed by atoms with Crippen LogP contribution in [0.4, 0.5) is 0 Å². The van der Waals surface area contributed by atoms with Gasteiger partial charge >= 0.3 is 0 Å². The standard InChI is InChI=1S/C15H23NO2/c1-11-4-5-14(12(2)8-11)18-13-6-7-15(9-13,10-17)16-3/h4-5,8,13,16-17H,6-7,9-10H2,1-3H3. The lowest BCUT2D eigenvalue weighted by atomic mass is 9.99. The molecule has 0 bridgehead atoms. The third-order valence-corrected chi connectivity index (χ3v) is 4.02. The van der Waals surface area contributed by atoms with Crippen LogP contribution < -0.4 is 10.1 Å². The average Bonchev–Trinajstić information content (AvgIpc) is 2.77. The Balaban J connectivity index is 2.03. The molecule has 2 N–H and O–H groups in total. The fourth-order valence-corrected chi connectivity index (χ4v) is 2.74. The zero-order valence-electron chi connectivity index (χ0n) is 11.5. The Morgan fingerprint density at radius 1 is 1.44 bits per heavy atom. The van der Waals surface area contributed by atoms with E-state index in [2.05, 4.69) is 31.3 Å². The van der Waals surface area contributed by atoms with Crippen LogP contribution in [0.1, 0.15) is 30.4 Å². The maximum Gasteiger partial charge on any atom is 0.122 e. The average molecular weight is 249 g/mol. The normalized spacial score (nSPS) is 27.4. The number of rotatable bonds is 4. The Hall–Kier alpha value is -1.06. The van der Waals surface area contributed by atoms with Crippen LogP contribution in [0.3, 0.4) is 0 Å². The van der Waals surface area contributed by atoms with Crippen molar-refractivity contribution in [1.82, 2.24) is 5.32 Å². The maximum atomic E-state index is 9.47. The summed E-state index contributed by atoms with van der Waals surface area (Å²) in [6.07, 6.45) is 3.03. The predicted octanol–water partition coefficient (Wildman–Crippen LogP) is 2.19. The van der Waals surface area contributed by atoms with E-state index in [1.165, 1.54) is 11.1 Å². The van der Waals surface area contributed by atoms with Crippen LogP contribution in [-0.2, 0) is 0 Å². The Morgan fingerprint density at radius 3 is 2.78 bits per heavy atom. The molecule has 1 aliphatic rings. The van der Waals surface area contributed by atoms with Crippen LogP contribution in [0, 0.1) is 13.8 Å². The summed E-state index contributed by atoms with van der Waals surface area (Å²) in [6, 6.07) is 6.26. The summed E-state index contributed by atoms with van der Waals surface area (Å²) in [4.78, 5) is 0. The number of aliphatic hydroxyl groups excluding tert-OH is 1. The van der Waals surface area contributed by atoms with Crippen LogP contribution in [0.25, 0.3) is 0 Å². The number of hydrogen-bond acceptors (Lipinski definition) is 3. The summed E-state index contributed by atoms with van der Waals surface area (Å²) in [5, 5.41) is 12.7. The molecule has 0 radical (unpaired) electrons. The van der Waals surface area contributed by atoms with Crippen molar-refractivity contribution in [3.63, 3.8) is 0 Å². The summed E-state index contributed by atoms with van der Waals surface area (Å²) < 4.78 is 6.07. The molecular weight excluding hydrogens is 226 g/mol. The van der Waals surface area contributed by atoms with Crippen molar-refractivity contribution >= 4 is 0 Å². The molecule has 1 aliphatic carbocycles. The monoisotopic (exact) mass is 249 g/mol. The molecule has 0 saturated heterocycles. The van der Waals surface area contributed by atoms with Crippen molar-refractivity contribution in [2.45, 2.75) is 44.8 Å². The van der Waals surface area contributed by atoms with Crippen LogP contribution >= 0.6 is 0 Å². The largest absolute Gasteiger partial charge is 0.490 e. The van der Waals surface area contributed by atoms with Gasteiger partial charge in [-0.1, -0.05) is 17.7 Å². The van der Waals surface area contributed by atoms with E-state index in [4.69, 9.17) is 4.74 Å². The molecule has 1 aromatic carbocycles. The number of hydrogen-bond donors (Lipinski definition) is 2. The molecule has 2 unspecified atom stereocenters. The molecular formula is C15H23NO2. The lowest BCUT2D eigenvalue weighted by Gasteiger charge is -2.26. The molecule has 0 aliphatic heterocycles.